The summed E-state index contributed by atoms with van der Waals surface area (Å²) in [7, 11) is 0. The minimum Gasteiger partial charge on any atom is -0.493 e. The molecule has 1 unspecified atom stereocenters. The van der Waals surface area contributed by atoms with Gasteiger partial charge in [-0.1, -0.05) is 32.3 Å². The lowest BCUT2D eigenvalue weighted by molar-refractivity contribution is 0.0935. The van der Waals surface area contributed by atoms with Gasteiger partial charge in [-0.05, 0) is 32.4 Å². The van der Waals surface area contributed by atoms with E-state index in [1.165, 1.54) is 12.8 Å². The number of anilines is 1. The van der Waals surface area contributed by atoms with Crippen LogP contribution in [0.4, 0.5) is 5.69 Å². The zero-order valence-electron chi connectivity index (χ0n) is 12.7. The highest BCUT2D eigenvalue weighted by Gasteiger charge is 2.17. The second-order valence-corrected chi connectivity index (χ2v) is 5.02. The molecule has 1 rings (SSSR count). The van der Waals surface area contributed by atoms with Crippen molar-refractivity contribution in [2.45, 2.75) is 52.5 Å². The SMILES string of the molecule is CCCCCC(C)NC(=O)c1c(N)cccc1OCC. The van der Waals surface area contributed by atoms with E-state index in [0.717, 1.165) is 12.8 Å². The molecule has 0 heterocycles. The zero-order chi connectivity index (χ0) is 15.0. The van der Waals surface area contributed by atoms with Crippen LogP contribution < -0.4 is 15.8 Å². The van der Waals surface area contributed by atoms with Gasteiger partial charge in [-0.25, -0.2) is 0 Å². The lowest BCUT2D eigenvalue weighted by Gasteiger charge is -2.16. The Bertz CT molecular complexity index is 432. The third-order valence-corrected chi connectivity index (χ3v) is 3.20. The summed E-state index contributed by atoms with van der Waals surface area (Å²) in [5.74, 6) is 0.390. The highest BCUT2D eigenvalue weighted by molar-refractivity contribution is 6.02. The van der Waals surface area contributed by atoms with Gasteiger partial charge in [0.05, 0.1) is 6.61 Å². The number of nitrogens with one attached hydrogen (secondary N) is 1. The molecule has 0 fully saturated rings. The fraction of sp³-hybridized carbons (Fsp3) is 0.562. The lowest BCUT2D eigenvalue weighted by atomic mass is 10.1. The minimum atomic E-state index is -0.157. The molecule has 0 radical (unpaired) electrons. The summed E-state index contributed by atoms with van der Waals surface area (Å²) in [4.78, 5) is 12.3. The van der Waals surface area contributed by atoms with Gasteiger partial charge in [-0.3, -0.25) is 4.79 Å². The smallest absolute Gasteiger partial charge is 0.257 e. The molecule has 0 aliphatic rings. The highest BCUT2D eigenvalue weighted by atomic mass is 16.5. The molecule has 0 aliphatic carbocycles. The van der Waals surface area contributed by atoms with Crippen LogP contribution in [0.15, 0.2) is 18.2 Å². The number of nitrogen functional groups attached to an aromatic ring is 1. The van der Waals surface area contributed by atoms with Gasteiger partial charge in [0, 0.05) is 11.7 Å². The molecule has 0 spiro atoms. The van der Waals surface area contributed by atoms with Gasteiger partial charge >= 0.3 is 0 Å². The summed E-state index contributed by atoms with van der Waals surface area (Å²) >= 11 is 0. The molecule has 4 heteroatoms. The predicted molar refractivity (Wildman–Crippen MR) is 83.1 cm³/mol. The molecule has 0 bridgehead atoms. The van der Waals surface area contributed by atoms with Gasteiger partial charge in [-0.2, -0.15) is 0 Å². The molecule has 4 nitrogen and oxygen atoms in total. The minimum absolute atomic E-state index is 0.142. The van der Waals surface area contributed by atoms with E-state index in [1.54, 1.807) is 18.2 Å². The van der Waals surface area contributed by atoms with Gasteiger partial charge in [-0.15, -0.1) is 0 Å². The number of hydrogen-bond acceptors (Lipinski definition) is 3. The van der Waals surface area contributed by atoms with Crippen molar-refractivity contribution < 1.29 is 9.53 Å². The molecule has 1 aromatic rings. The molecule has 0 aliphatic heterocycles. The largest absolute Gasteiger partial charge is 0.493 e. The van der Waals surface area contributed by atoms with Gasteiger partial charge < -0.3 is 15.8 Å². The number of hydrogen-bond donors (Lipinski definition) is 2. The average Bonchev–Trinajstić information content (AvgIpc) is 2.39. The summed E-state index contributed by atoms with van der Waals surface area (Å²) in [5.41, 5.74) is 6.80. The zero-order valence-corrected chi connectivity index (χ0v) is 12.7. The summed E-state index contributed by atoms with van der Waals surface area (Å²) in [6.45, 7) is 6.59. The van der Waals surface area contributed by atoms with Crippen molar-refractivity contribution in [2.24, 2.45) is 0 Å². The Morgan fingerprint density at radius 3 is 2.75 bits per heavy atom. The standard InChI is InChI=1S/C16H26N2O2/c1-4-6-7-9-12(3)18-16(19)15-13(17)10-8-11-14(15)20-5-2/h8,10-12H,4-7,9,17H2,1-3H3,(H,18,19). The van der Waals surface area contributed by atoms with Crippen molar-refractivity contribution in [3.63, 3.8) is 0 Å². The summed E-state index contributed by atoms with van der Waals surface area (Å²) in [6.07, 6.45) is 4.48. The second-order valence-electron chi connectivity index (χ2n) is 5.02. The maximum absolute atomic E-state index is 12.3. The number of amides is 1. The molecule has 0 aromatic heterocycles. The van der Waals surface area contributed by atoms with Crippen LogP contribution in [0, 0.1) is 0 Å². The number of carbonyl (C=O) groups is 1. The third kappa shape index (κ3) is 4.76. The number of nitrogens with two attached hydrogens (primary N) is 1. The van der Waals surface area contributed by atoms with E-state index in [2.05, 4.69) is 12.2 Å². The van der Waals surface area contributed by atoms with E-state index < -0.39 is 0 Å². The van der Waals surface area contributed by atoms with E-state index in [1.807, 2.05) is 13.8 Å². The van der Waals surface area contributed by atoms with Crippen molar-refractivity contribution >= 4 is 11.6 Å². The first-order chi connectivity index (χ1) is 9.60. The van der Waals surface area contributed by atoms with Gasteiger partial charge in [0.2, 0.25) is 0 Å². The Labute approximate surface area is 121 Å². The van der Waals surface area contributed by atoms with E-state index in [-0.39, 0.29) is 11.9 Å². The summed E-state index contributed by atoms with van der Waals surface area (Å²) in [6, 6.07) is 5.43. The normalized spacial score (nSPS) is 11.9. The first-order valence-electron chi connectivity index (χ1n) is 7.42. The van der Waals surface area contributed by atoms with Gasteiger partial charge in [0.25, 0.3) is 5.91 Å². The molecule has 20 heavy (non-hydrogen) atoms. The van der Waals surface area contributed by atoms with Crippen molar-refractivity contribution in [1.29, 1.82) is 0 Å². The average molecular weight is 278 g/mol. The number of carbonyl (C=O) groups excluding carboxylic acids is 1. The molecular weight excluding hydrogens is 252 g/mol. The van der Waals surface area contributed by atoms with Crippen molar-refractivity contribution in [3.05, 3.63) is 23.8 Å². The van der Waals surface area contributed by atoms with Crippen LogP contribution in [0.1, 0.15) is 56.8 Å². The Hall–Kier alpha value is -1.71. The first kappa shape index (κ1) is 16.3. The second kappa shape index (κ2) is 8.46. The van der Waals surface area contributed by atoms with E-state index >= 15 is 0 Å². The van der Waals surface area contributed by atoms with Gasteiger partial charge in [0.15, 0.2) is 0 Å². The molecule has 112 valence electrons. The predicted octanol–water partition coefficient (Wildman–Crippen LogP) is 3.37. The number of benzene rings is 1. The van der Waals surface area contributed by atoms with Crippen LogP contribution >= 0.6 is 0 Å². The molecular formula is C16H26N2O2. The van der Waals surface area contributed by atoms with Crippen LogP contribution in [-0.4, -0.2) is 18.6 Å². The Balaban J connectivity index is 2.71. The molecule has 3 N–H and O–H groups in total. The Morgan fingerprint density at radius 2 is 2.10 bits per heavy atom. The summed E-state index contributed by atoms with van der Waals surface area (Å²) < 4.78 is 5.48. The lowest BCUT2D eigenvalue weighted by Crippen LogP contribution is -2.33. The summed E-state index contributed by atoms with van der Waals surface area (Å²) in [5, 5.41) is 3.00. The molecule has 1 aromatic carbocycles. The fourth-order valence-corrected chi connectivity index (χ4v) is 2.14. The third-order valence-electron chi connectivity index (χ3n) is 3.20. The fourth-order valence-electron chi connectivity index (χ4n) is 2.14. The van der Waals surface area contributed by atoms with E-state index in [9.17, 15) is 4.79 Å². The molecule has 1 amide bonds. The van der Waals surface area contributed by atoms with Crippen LogP contribution in [0.3, 0.4) is 0 Å². The molecule has 1 atom stereocenters. The van der Waals surface area contributed by atoms with E-state index in [0.29, 0.717) is 23.6 Å². The number of rotatable bonds is 8. The van der Waals surface area contributed by atoms with E-state index in [4.69, 9.17) is 10.5 Å². The number of unbranched alkanes of at least 4 members (excludes halogenated alkanes) is 2. The van der Waals surface area contributed by atoms with Crippen LogP contribution in [-0.2, 0) is 0 Å². The van der Waals surface area contributed by atoms with Crippen molar-refractivity contribution in [3.8, 4) is 5.75 Å². The van der Waals surface area contributed by atoms with Crippen molar-refractivity contribution in [2.75, 3.05) is 12.3 Å². The quantitative estimate of drug-likeness (QED) is 0.566. The Kier molecular flexibility index (Phi) is 6.91. The van der Waals surface area contributed by atoms with Crippen LogP contribution in [0.5, 0.6) is 5.75 Å². The monoisotopic (exact) mass is 278 g/mol. The van der Waals surface area contributed by atoms with Gasteiger partial charge in [0.1, 0.15) is 11.3 Å². The topological polar surface area (TPSA) is 64.4 Å². The first-order valence-corrected chi connectivity index (χ1v) is 7.42. The molecule has 0 saturated heterocycles. The van der Waals surface area contributed by atoms with Crippen molar-refractivity contribution in [1.82, 2.24) is 5.32 Å². The Morgan fingerprint density at radius 1 is 1.35 bits per heavy atom. The maximum Gasteiger partial charge on any atom is 0.257 e. The highest BCUT2D eigenvalue weighted by Crippen LogP contribution is 2.24. The maximum atomic E-state index is 12.3. The van der Waals surface area contributed by atoms with Crippen LogP contribution in [0.2, 0.25) is 0 Å². The number of ether oxygens (including phenoxy) is 1. The molecule has 0 saturated carbocycles. The van der Waals surface area contributed by atoms with Crippen LogP contribution in [0.25, 0.3) is 0 Å².